The molecule has 0 spiro atoms. The van der Waals surface area contributed by atoms with Gasteiger partial charge >= 0.3 is 0 Å². The summed E-state index contributed by atoms with van der Waals surface area (Å²) in [5.74, 6) is 0.314. The van der Waals surface area contributed by atoms with E-state index >= 15 is 0 Å². The number of fused-ring (bicyclic) bond motifs is 1. The van der Waals surface area contributed by atoms with Crippen LogP contribution in [-0.2, 0) is 20.8 Å². The van der Waals surface area contributed by atoms with Gasteiger partial charge in [-0.1, -0.05) is 111 Å². The first-order chi connectivity index (χ1) is 27.4. The summed E-state index contributed by atoms with van der Waals surface area (Å²) in [6.45, 7) is 34.4. The van der Waals surface area contributed by atoms with Gasteiger partial charge in [0.1, 0.15) is 0 Å². The summed E-state index contributed by atoms with van der Waals surface area (Å²) in [7, 11) is 0. The maximum absolute atomic E-state index is 12.0. The number of hydrogen-bond acceptors (Lipinski definition) is 6. The predicted molar refractivity (Wildman–Crippen MR) is 249 cm³/mol. The lowest BCUT2D eigenvalue weighted by Gasteiger charge is -2.35. The molecule has 9 heteroatoms. The Balaban J connectivity index is 0.000000377. The minimum absolute atomic E-state index is 0.155. The number of carbonyl (C=O) groups excluding carboxylic acids is 3. The Labute approximate surface area is 360 Å². The third-order valence-corrected chi connectivity index (χ3v) is 11.6. The number of primary amides is 1. The van der Waals surface area contributed by atoms with E-state index in [0.717, 1.165) is 50.9 Å². The number of aliphatic hydroxyl groups excluding tert-OH is 1. The third-order valence-electron chi connectivity index (χ3n) is 11.6. The summed E-state index contributed by atoms with van der Waals surface area (Å²) in [6, 6.07) is 20.7. The van der Waals surface area contributed by atoms with Crippen molar-refractivity contribution in [2.24, 2.45) is 27.0 Å². The van der Waals surface area contributed by atoms with E-state index in [1.54, 1.807) is 20.8 Å². The van der Waals surface area contributed by atoms with Crippen LogP contribution < -0.4 is 5.73 Å². The van der Waals surface area contributed by atoms with Crippen LogP contribution in [0.1, 0.15) is 160 Å². The number of carbonyl (C=O) groups is 3. The van der Waals surface area contributed by atoms with Crippen LogP contribution in [0.3, 0.4) is 0 Å². The lowest BCUT2D eigenvalue weighted by atomic mass is 9.88. The average molecular weight is 820 g/mol. The van der Waals surface area contributed by atoms with Crippen molar-refractivity contribution in [1.29, 1.82) is 0 Å². The third kappa shape index (κ3) is 18.7. The number of nitrogens with zero attached hydrogens (tertiary/aromatic N) is 4. The number of aliphatic hydroxyl groups is 1. The highest BCUT2D eigenvalue weighted by Crippen LogP contribution is 2.29. The molecule has 2 aromatic rings. The van der Waals surface area contributed by atoms with Crippen LogP contribution in [0.4, 0.5) is 5.69 Å². The predicted octanol–water partition coefficient (Wildman–Crippen LogP) is 10.2. The molecule has 0 unspecified atom stereocenters. The number of para-hydroxylation sites is 1. The monoisotopic (exact) mass is 820 g/mol. The second kappa shape index (κ2) is 25.3. The van der Waals surface area contributed by atoms with Gasteiger partial charge < -0.3 is 20.6 Å². The van der Waals surface area contributed by atoms with Crippen LogP contribution in [0.5, 0.6) is 0 Å². The molecule has 2 fully saturated rings. The largest absolute Gasteiger partial charge is 0.393 e. The highest BCUT2D eigenvalue weighted by molar-refractivity contribution is 6.06. The molecule has 0 aliphatic carbocycles. The Kier molecular flexibility index (Phi) is 22.9. The standard InChI is InChI=1S/C14H11N.C11H21NO2.C11H21NO.C9H21N.C5H11NO/c1-2-6-11(7-3-1)14-10-12-8-4-5-9-13(12)15-14;1-4-11(2,3)10(14)12-7-5-9(13)6-8-12;1-4-11(2,3)10(13)12-8-6-5-7-9-12;1-7(2)10(8(3)4)9(5)6;1-5(2,3)4(6)7/h1-9H,10H2;9,13H,4-8H2,1-3H3;4-9H2,1-3H3;7-9H,1-6H3;1-3H3,(H2,6,7). The molecule has 5 rings (SSSR count). The molecule has 0 aromatic heterocycles. The summed E-state index contributed by atoms with van der Waals surface area (Å²) < 4.78 is 0. The maximum atomic E-state index is 12.0. The summed E-state index contributed by atoms with van der Waals surface area (Å²) in [5, 5.41) is 9.33. The van der Waals surface area contributed by atoms with Crippen molar-refractivity contribution in [1.82, 2.24) is 14.7 Å². The Morgan fingerprint density at radius 2 is 1.10 bits per heavy atom. The number of amides is 3. The zero-order valence-corrected chi connectivity index (χ0v) is 40.0. The number of rotatable bonds is 8. The van der Waals surface area contributed by atoms with Gasteiger partial charge in [0.05, 0.1) is 17.5 Å². The number of aliphatic imine (C=N–C) groups is 1. The van der Waals surface area contributed by atoms with Crippen molar-refractivity contribution in [2.45, 2.75) is 179 Å². The van der Waals surface area contributed by atoms with Crippen LogP contribution in [0, 0.1) is 16.2 Å². The first-order valence-corrected chi connectivity index (χ1v) is 22.4. The molecule has 9 nitrogen and oxygen atoms in total. The molecule has 0 atom stereocenters. The van der Waals surface area contributed by atoms with Gasteiger partial charge in [0, 0.05) is 67.0 Å². The normalized spacial score (nSPS) is 15.8. The van der Waals surface area contributed by atoms with Gasteiger partial charge in [-0.2, -0.15) is 0 Å². The van der Waals surface area contributed by atoms with Gasteiger partial charge in [0.2, 0.25) is 17.7 Å². The van der Waals surface area contributed by atoms with E-state index in [0.29, 0.717) is 37.1 Å². The fourth-order valence-corrected chi connectivity index (χ4v) is 7.05. The van der Waals surface area contributed by atoms with Gasteiger partial charge in [-0.3, -0.25) is 24.3 Å². The van der Waals surface area contributed by atoms with Gasteiger partial charge in [-0.15, -0.1) is 0 Å². The number of hydrogen-bond donors (Lipinski definition) is 2. The number of piperidine rings is 2. The summed E-state index contributed by atoms with van der Waals surface area (Å²) >= 11 is 0. The molecule has 0 bridgehead atoms. The molecule has 3 aliphatic rings. The second-order valence-electron chi connectivity index (χ2n) is 19.4. The highest BCUT2D eigenvalue weighted by atomic mass is 16.3. The van der Waals surface area contributed by atoms with Crippen LogP contribution in [0.2, 0.25) is 0 Å². The smallest absolute Gasteiger partial charge is 0.228 e. The molecule has 3 aliphatic heterocycles. The van der Waals surface area contributed by atoms with Crippen molar-refractivity contribution in [3.8, 4) is 0 Å². The van der Waals surface area contributed by atoms with E-state index < -0.39 is 0 Å². The van der Waals surface area contributed by atoms with Gasteiger partial charge in [-0.05, 0) is 104 Å². The van der Waals surface area contributed by atoms with Crippen LogP contribution in [-0.4, -0.2) is 93.6 Å². The lowest BCUT2D eigenvalue weighted by Crippen LogP contribution is -2.45. The van der Waals surface area contributed by atoms with E-state index in [2.05, 4.69) is 101 Å². The lowest BCUT2D eigenvalue weighted by molar-refractivity contribution is -0.142. The van der Waals surface area contributed by atoms with Gasteiger partial charge in [0.25, 0.3) is 0 Å². The summed E-state index contributed by atoms with van der Waals surface area (Å²) in [5.41, 5.74) is 9.03. The summed E-state index contributed by atoms with van der Waals surface area (Å²) in [4.78, 5) is 45.3. The minimum Gasteiger partial charge on any atom is -0.393 e. The zero-order chi connectivity index (χ0) is 45.1. The quantitative estimate of drug-likeness (QED) is 0.275. The van der Waals surface area contributed by atoms with E-state index in [1.165, 1.54) is 36.1 Å². The van der Waals surface area contributed by atoms with Crippen molar-refractivity contribution >= 4 is 29.1 Å². The SMILES string of the molecule is CC(C)(C)C(N)=O.CC(C)N(C(C)C)C(C)C.CCC(C)(C)C(=O)N1CCC(O)CC1.CCC(C)(C)C(=O)N1CCCCC1.c1ccc(C2=Nc3ccccc3C2)cc1. The van der Waals surface area contributed by atoms with E-state index in [4.69, 9.17) is 5.73 Å². The fourth-order valence-electron chi connectivity index (χ4n) is 7.05. The van der Waals surface area contributed by atoms with E-state index in [1.807, 2.05) is 56.6 Å². The molecule has 2 saturated heterocycles. The molecule has 0 radical (unpaired) electrons. The van der Waals surface area contributed by atoms with Crippen molar-refractivity contribution in [3.63, 3.8) is 0 Å². The van der Waals surface area contributed by atoms with Crippen molar-refractivity contribution in [2.75, 3.05) is 26.2 Å². The minimum atomic E-state index is -0.361. The summed E-state index contributed by atoms with van der Waals surface area (Å²) in [6.07, 6.45) is 7.67. The zero-order valence-electron chi connectivity index (χ0n) is 40.0. The average Bonchev–Trinajstić information content (AvgIpc) is 3.63. The Bertz CT molecular complexity index is 1540. The highest BCUT2D eigenvalue weighted by Gasteiger charge is 2.32. The fraction of sp³-hybridized carbons (Fsp3) is 0.680. The molecule has 334 valence electrons. The maximum Gasteiger partial charge on any atom is 0.228 e. The Hall–Kier alpha value is -3.56. The number of benzene rings is 2. The van der Waals surface area contributed by atoms with E-state index in [-0.39, 0.29) is 34.2 Å². The molecule has 2 aromatic carbocycles. The van der Waals surface area contributed by atoms with E-state index in [9.17, 15) is 19.5 Å². The molecular weight excluding hydrogens is 735 g/mol. The first-order valence-electron chi connectivity index (χ1n) is 22.4. The Morgan fingerprint density at radius 1 is 0.695 bits per heavy atom. The second-order valence-corrected chi connectivity index (χ2v) is 19.4. The topological polar surface area (TPSA) is 120 Å². The molecule has 0 saturated carbocycles. The molecule has 3 amide bonds. The van der Waals surface area contributed by atoms with Crippen LogP contribution in [0.15, 0.2) is 59.6 Å². The molecule has 59 heavy (non-hydrogen) atoms. The van der Waals surface area contributed by atoms with Crippen LogP contribution >= 0.6 is 0 Å². The molecule has 3 heterocycles. The Morgan fingerprint density at radius 3 is 1.47 bits per heavy atom. The molecular formula is C50H85N5O4. The van der Waals surface area contributed by atoms with Crippen LogP contribution in [0.25, 0.3) is 0 Å². The molecule has 3 N–H and O–H groups in total. The van der Waals surface area contributed by atoms with Crippen molar-refractivity contribution < 1.29 is 19.5 Å². The first kappa shape index (κ1) is 53.5. The number of nitrogens with two attached hydrogens (primary N) is 1. The van der Waals surface area contributed by atoms with Crippen molar-refractivity contribution in [3.05, 3.63) is 65.7 Å². The van der Waals surface area contributed by atoms with Gasteiger partial charge in [-0.25, -0.2) is 0 Å². The number of likely N-dealkylation sites (tertiary alicyclic amines) is 2. The van der Waals surface area contributed by atoms with Gasteiger partial charge in [0.15, 0.2) is 0 Å².